The summed E-state index contributed by atoms with van der Waals surface area (Å²) in [6.07, 6.45) is 7.89. The number of benzene rings is 1. The Morgan fingerprint density at radius 3 is 2.61 bits per heavy atom. The van der Waals surface area contributed by atoms with Crippen LogP contribution in [0.15, 0.2) is 48.6 Å². The molecule has 118 valence electrons. The molecule has 1 saturated heterocycles. The number of fused-ring (bicyclic) bond motifs is 2. The molecule has 1 atom stereocenters. The second kappa shape index (κ2) is 5.70. The first-order valence-electron chi connectivity index (χ1n) is 8.07. The molecule has 2 heterocycles. The van der Waals surface area contributed by atoms with Crippen molar-refractivity contribution in [3.8, 4) is 0 Å². The second-order valence-corrected chi connectivity index (χ2v) is 6.21. The smallest absolute Gasteiger partial charge is 0.289 e. The quantitative estimate of drug-likeness (QED) is 0.745. The lowest BCUT2D eigenvalue weighted by Crippen LogP contribution is -2.50. The van der Waals surface area contributed by atoms with Crippen LogP contribution in [0.3, 0.4) is 0 Å². The van der Waals surface area contributed by atoms with Crippen molar-refractivity contribution in [1.82, 2.24) is 9.80 Å². The first-order valence-corrected chi connectivity index (χ1v) is 8.07. The van der Waals surface area contributed by atoms with Gasteiger partial charge in [0.15, 0.2) is 5.76 Å². The molecule has 1 aliphatic carbocycles. The van der Waals surface area contributed by atoms with Crippen LogP contribution in [-0.4, -0.2) is 55.0 Å². The van der Waals surface area contributed by atoms with Crippen LogP contribution in [0.5, 0.6) is 0 Å². The fourth-order valence-corrected chi connectivity index (χ4v) is 3.31. The van der Waals surface area contributed by atoms with Crippen molar-refractivity contribution in [3.63, 3.8) is 0 Å². The number of piperazine rings is 1. The fourth-order valence-electron chi connectivity index (χ4n) is 3.31. The maximum Gasteiger partial charge on any atom is 0.289 e. The van der Waals surface area contributed by atoms with Crippen molar-refractivity contribution in [3.05, 3.63) is 59.0 Å². The lowest BCUT2D eigenvalue weighted by atomic mass is 9.97. The normalized spacial score (nSPS) is 23.3. The molecule has 0 saturated carbocycles. The summed E-state index contributed by atoms with van der Waals surface area (Å²) in [4.78, 5) is 17.1. The molecule has 1 fully saturated rings. The molecule has 4 heteroatoms. The summed E-state index contributed by atoms with van der Waals surface area (Å²) < 4.78 is 6.10. The van der Waals surface area contributed by atoms with E-state index in [1.165, 1.54) is 0 Å². The number of ether oxygens (including phenoxy) is 1. The molecule has 4 rings (SSSR count). The zero-order chi connectivity index (χ0) is 15.8. The van der Waals surface area contributed by atoms with Gasteiger partial charge in [-0.25, -0.2) is 0 Å². The van der Waals surface area contributed by atoms with Gasteiger partial charge in [-0.15, -0.1) is 0 Å². The van der Waals surface area contributed by atoms with E-state index >= 15 is 0 Å². The molecule has 0 bridgehead atoms. The van der Waals surface area contributed by atoms with E-state index in [1.54, 1.807) is 0 Å². The number of hydrogen-bond acceptors (Lipinski definition) is 3. The van der Waals surface area contributed by atoms with Gasteiger partial charge in [-0.3, -0.25) is 4.79 Å². The number of rotatable bonds is 1. The number of carbonyl (C=O) groups excluding carboxylic acids is 1. The second-order valence-electron chi connectivity index (χ2n) is 6.21. The minimum atomic E-state index is -0.165. The standard InChI is InChI=1S/C19H20N2O2/c1-20-10-12-21(13-11-20)19(22)18-16-8-3-2-6-14(16)15-7-4-5-9-17(15)23-18/h2-9,17H,10-13H2,1H3. The Kier molecular flexibility index (Phi) is 3.54. The predicted molar refractivity (Wildman–Crippen MR) is 89.7 cm³/mol. The van der Waals surface area contributed by atoms with Crippen molar-refractivity contribution in [2.75, 3.05) is 33.2 Å². The van der Waals surface area contributed by atoms with E-state index in [-0.39, 0.29) is 12.0 Å². The molecule has 1 aromatic rings. The summed E-state index contributed by atoms with van der Waals surface area (Å²) in [5.41, 5.74) is 1.12. The molecule has 4 nitrogen and oxygen atoms in total. The van der Waals surface area contributed by atoms with E-state index in [1.807, 2.05) is 41.3 Å². The molecule has 0 N–H and O–H groups in total. The zero-order valence-electron chi connectivity index (χ0n) is 13.2. The van der Waals surface area contributed by atoms with Gasteiger partial charge in [-0.2, -0.15) is 0 Å². The number of nitrogens with zero attached hydrogens (tertiary/aromatic N) is 2. The van der Waals surface area contributed by atoms with Crippen molar-refractivity contribution >= 4 is 17.2 Å². The van der Waals surface area contributed by atoms with Crippen LogP contribution in [0.2, 0.25) is 0 Å². The van der Waals surface area contributed by atoms with Crippen LogP contribution in [0.1, 0.15) is 0 Å². The summed E-state index contributed by atoms with van der Waals surface area (Å²) in [6, 6.07) is 8.02. The van der Waals surface area contributed by atoms with Gasteiger partial charge in [0.05, 0.1) is 0 Å². The monoisotopic (exact) mass is 308 g/mol. The number of likely N-dealkylation sites (N-methyl/N-ethyl adjacent to an activating group) is 1. The van der Waals surface area contributed by atoms with Crippen molar-refractivity contribution in [2.24, 2.45) is 0 Å². The Hall–Kier alpha value is -2.33. The van der Waals surface area contributed by atoms with E-state index in [2.05, 4.69) is 24.1 Å². The molecular weight excluding hydrogens is 288 g/mol. The maximum absolute atomic E-state index is 13.0. The Bertz CT molecular complexity index is 814. The van der Waals surface area contributed by atoms with Gasteiger partial charge in [0.1, 0.15) is 6.10 Å². The average molecular weight is 308 g/mol. The van der Waals surface area contributed by atoms with Crippen molar-refractivity contribution < 1.29 is 9.53 Å². The Morgan fingerprint density at radius 1 is 1.09 bits per heavy atom. The molecule has 0 spiro atoms. The molecule has 1 unspecified atom stereocenters. The molecule has 0 radical (unpaired) electrons. The minimum absolute atomic E-state index is 0.00699. The summed E-state index contributed by atoms with van der Waals surface area (Å²) in [5, 5.41) is 2.00. The summed E-state index contributed by atoms with van der Waals surface area (Å²) in [5.74, 6) is 0.492. The predicted octanol–water partition coefficient (Wildman–Crippen LogP) is 0.244. The summed E-state index contributed by atoms with van der Waals surface area (Å²) >= 11 is 0. The highest BCUT2D eigenvalue weighted by molar-refractivity contribution is 6.11. The molecule has 1 aromatic carbocycles. The van der Waals surface area contributed by atoms with E-state index < -0.39 is 0 Å². The van der Waals surface area contributed by atoms with Crippen molar-refractivity contribution in [1.29, 1.82) is 0 Å². The third-order valence-corrected chi connectivity index (χ3v) is 4.69. The third kappa shape index (κ3) is 2.49. The highest BCUT2D eigenvalue weighted by Gasteiger charge is 2.29. The van der Waals surface area contributed by atoms with E-state index in [0.717, 1.165) is 42.2 Å². The van der Waals surface area contributed by atoms with Gasteiger partial charge < -0.3 is 14.5 Å². The van der Waals surface area contributed by atoms with Crippen LogP contribution in [0.4, 0.5) is 0 Å². The van der Waals surface area contributed by atoms with Gasteiger partial charge in [-0.1, -0.05) is 42.5 Å². The van der Waals surface area contributed by atoms with Gasteiger partial charge in [-0.05, 0) is 18.3 Å². The molecule has 1 amide bonds. The fraction of sp³-hybridized carbons (Fsp3) is 0.316. The highest BCUT2D eigenvalue weighted by Crippen LogP contribution is 2.21. The third-order valence-electron chi connectivity index (χ3n) is 4.69. The summed E-state index contributed by atoms with van der Waals surface area (Å²) in [6.45, 7) is 3.32. The maximum atomic E-state index is 13.0. The molecule has 3 aliphatic rings. The molecular formula is C19H20N2O2. The Labute approximate surface area is 135 Å². The van der Waals surface area contributed by atoms with Crippen LogP contribution in [0.25, 0.3) is 11.3 Å². The average Bonchev–Trinajstić information content (AvgIpc) is 2.61. The van der Waals surface area contributed by atoms with Crippen molar-refractivity contribution in [2.45, 2.75) is 6.10 Å². The molecule has 2 aliphatic heterocycles. The Balaban J connectivity index is 1.81. The van der Waals surface area contributed by atoms with Crippen LogP contribution in [0, 0.1) is 0 Å². The van der Waals surface area contributed by atoms with Gasteiger partial charge in [0.2, 0.25) is 0 Å². The SMILES string of the molecule is CN1CCN(C(=O)C2=c3ccccc3=C3C=CC=CC3O2)CC1. The number of allylic oxidation sites excluding steroid dienone is 2. The summed E-state index contributed by atoms with van der Waals surface area (Å²) in [7, 11) is 2.09. The van der Waals surface area contributed by atoms with E-state index in [4.69, 9.17) is 4.74 Å². The largest absolute Gasteiger partial charge is 0.475 e. The van der Waals surface area contributed by atoms with Crippen LogP contribution in [-0.2, 0) is 9.53 Å². The van der Waals surface area contributed by atoms with E-state index in [0.29, 0.717) is 5.76 Å². The minimum Gasteiger partial charge on any atom is -0.475 e. The lowest BCUT2D eigenvalue weighted by molar-refractivity contribution is -0.129. The van der Waals surface area contributed by atoms with Crippen LogP contribution < -0.4 is 10.4 Å². The number of carbonyl (C=O) groups is 1. The molecule has 0 aromatic heterocycles. The molecule has 23 heavy (non-hydrogen) atoms. The zero-order valence-corrected chi connectivity index (χ0v) is 13.2. The van der Waals surface area contributed by atoms with Crippen LogP contribution >= 0.6 is 0 Å². The number of hydrogen-bond donors (Lipinski definition) is 0. The lowest BCUT2D eigenvalue weighted by Gasteiger charge is -2.34. The van der Waals surface area contributed by atoms with Gasteiger partial charge in [0.25, 0.3) is 5.91 Å². The first-order chi connectivity index (χ1) is 11.2. The first kappa shape index (κ1) is 14.3. The highest BCUT2D eigenvalue weighted by atomic mass is 16.5. The van der Waals surface area contributed by atoms with Gasteiger partial charge >= 0.3 is 0 Å². The Morgan fingerprint density at radius 2 is 1.83 bits per heavy atom. The number of amides is 1. The topological polar surface area (TPSA) is 32.8 Å². The van der Waals surface area contributed by atoms with Gasteiger partial charge in [0, 0.05) is 37.0 Å². The van der Waals surface area contributed by atoms with E-state index in [9.17, 15) is 4.79 Å².